The molecule has 0 saturated heterocycles. The number of thioether (sulfide) groups is 1. The number of nitrogens with one attached hydrogen (secondary N) is 1. The van der Waals surface area contributed by atoms with Crippen molar-refractivity contribution >= 4 is 46.6 Å². The van der Waals surface area contributed by atoms with Crippen molar-refractivity contribution in [3.63, 3.8) is 0 Å². The van der Waals surface area contributed by atoms with Gasteiger partial charge in [0.05, 0.1) is 21.5 Å². The van der Waals surface area contributed by atoms with Gasteiger partial charge in [-0.3, -0.25) is 4.79 Å². The monoisotopic (exact) mass is 379 g/mol. The Morgan fingerprint density at radius 2 is 1.92 bits per heavy atom. The summed E-state index contributed by atoms with van der Waals surface area (Å²) in [7, 11) is 0. The number of anilines is 1. The lowest BCUT2D eigenvalue weighted by Gasteiger charge is -2.06. The molecule has 0 aliphatic rings. The molecule has 1 N–H and O–H groups in total. The van der Waals surface area contributed by atoms with Crippen molar-refractivity contribution in [2.75, 3.05) is 11.1 Å². The van der Waals surface area contributed by atoms with Crippen LogP contribution in [0.1, 0.15) is 0 Å². The van der Waals surface area contributed by atoms with Crippen molar-refractivity contribution in [2.45, 2.75) is 5.16 Å². The number of para-hydroxylation sites is 1. The molecule has 0 spiro atoms. The van der Waals surface area contributed by atoms with Crippen LogP contribution < -0.4 is 5.32 Å². The lowest BCUT2D eigenvalue weighted by molar-refractivity contribution is -0.113. The van der Waals surface area contributed by atoms with E-state index in [1.165, 1.54) is 11.8 Å². The molecule has 0 atom stereocenters. The molecule has 1 heterocycles. The van der Waals surface area contributed by atoms with Crippen LogP contribution in [0.4, 0.5) is 5.69 Å². The van der Waals surface area contributed by atoms with Crippen molar-refractivity contribution in [3.8, 4) is 5.69 Å². The van der Waals surface area contributed by atoms with Crippen molar-refractivity contribution in [2.24, 2.45) is 0 Å². The highest BCUT2D eigenvalue weighted by Gasteiger charge is 2.12. The minimum atomic E-state index is -0.194. The molecule has 0 saturated carbocycles. The maximum Gasteiger partial charge on any atom is 0.234 e. The molecule has 0 aliphatic heterocycles. The van der Waals surface area contributed by atoms with Crippen LogP contribution in [-0.4, -0.2) is 31.9 Å². The molecule has 3 rings (SSSR count). The Bertz CT molecular complexity index is 856. The first-order chi connectivity index (χ1) is 11.6. The van der Waals surface area contributed by atoms with Crippen LogP contribution in [0, 0.1) is 0 Å². The van der Waals surface area contributed by atoms with Crippen molar-refractivity contribution in [1.82, 2.24) is 20.2 Å². The topological polar surface area (TPSA) is 72.7 Å². The summed E-state index contributed by atoms with van der Waals surface area (Å²) in [5.41, 5.74) is 1.41. The Balaban J connectivity index is 1.63. The van der Waals surface area contributed by atoms with Gasteiger partial charge < -0.3 is 5.32 Å². The van der Waals surface area contributed by atoms with Gasteiger partial charge in [0, 0.05) is 5.69 Å². The smallest absolute Gasteiger partial charge is 0.234 e. The summed E-state index contributed by atoms with van der Waals surface area (Å²) in [6.45, 7) is 0. The molecule has 3 aromatic rings. The van der Waals surface area contributed by atoms with Gasteiger partial charge in [-0.15, -0.1) is 5.10 Å². The van der Waals surface area contributed by atoms with Gasteiger partial charge in [0.1, 0.15) is 0 Å². The van der Waals surface area contributed by atoms with Crippen molar-refractivity contribution < 1.29 is 4.79 Å². The number of carbonyl (C=O) groups is 1. The van der Waals surface area contributed by atoms with Gasteiger partial charge in [0.15, 0.2) is 0 Å². The molecule has 0 unspecified atom stereocenters. The Morgan fingerprint density at radius 1 is 1.12 bits per heavy atom. The SMILES string of the molecule is O=C(CSc1nnnn1-c1ccccc1)Nc1ccc(Cl)c(Cl)c1. The molecule has 0 aliphatic carbocycles. The van der Waals surface area contributed by atoms with E-state index in [-0.39, 0.29) is 11.7 Å². The van der Waals surface area contributed by atoms with Gasteiger partial charge in [-0.2, -0.15) is 4.68 Å². The number of benzene rings is 2. The molecule has 0 fully saturated rings. The second kappa shape index (κ2) is 7.65. The Morgan fingerprint density at radius 3 is 2.67 bits per heavy atom. The molecule has 0 bridgehead atoms. The van der Waals surface area contributed by atoms with Crippen LogP contribution in [0.15, 0.2) is 53.7 Å². The van der Waals surface area contributed by atoms with Crippen LogP contribution in [0.25, 0.3) is 5.69 Å². The van der Waals surface area contributed by atoms with E-state index in [4.69, 9.17) is 23.2 Å². The molecule has 6 nitrogen and oxygen atoms in total. The third-order valence-electron chi connectivity index (χ3n) is 2.98. The van der Waals surface area contributed by atoms with Crippen molar-refractivity contribution in [1.29, 1.82) is 0 Å². The summed E-state index contributed by atoms with van der Waals surface area (Å²) in [6.07, 6.45) is 0. The molecule has 24 heavy (non-hydrogen) atoms. The number of amides is 1. The molecular formula is C15H11Cl2N5OS. The lowest BCUT2D eigenvalue weighted by Crippen LogP contribution is -2.14. The third kappa shape index (κ3) is 4.05. The number of aromatic nitrogens is 4. The van der Waals surface area contributed by atoms with Gasteiger partial charge in [0.25, 0.3) is 0 Å². The highest BCUT2D eigenvalue weighted by molar-refractivity contribution is 7.99. The quantitative estimate of drug-likeness (QED) is 0.684. The number of hydrogen-bond donors (Lipinski definition) is 1. The summed E-state index contributed by atoms with van der Waals surface area (Å²) in [6, 6.07) is 14.4. The minimum absolute atomic E-state index is 0.160. The van der Waals surface area contributed by atoms with E-state index in [1.807, 2.05) is 30.3 Å². The average molecular weight is 380 g/mol. The first-order valence-corrected chi connectivity index (χ1v) is 8.59. The zero-order valence-corrected chi connectivity index (χ0v) is 14.5. The Kier molecular flexibility index (Phi) is 5.34. The molecular weight excluding hydrogens is 369 g/mol. The second-order valence-corrected chi connectivity index (χ2v) is 6.43. The van der Waals surface area contributed by atoms with Gasteiger partial charge in [0.2, 0.25) is 11.1 Å². The summed E-state index contributed by atoms with van der Waals surface area (Å²) in [5.74, 6) is -0.0333. The van der Waals surface area contributed by atoms with E-state index in [9.17, 15) is 4.79 Å². The molecule has 2 aromatic carbocycles. The normalized spacial score (nSPS) is 10.6. The van der Waals surface area contributed by atoms with Crippen molar-refractivity contribution in [3.05, 3.63) is 58.6 Å². The predicted octanol–water partition coefficient (Wildman–Crippen LogP) is 3.70. The van der Waals surface area contributed by atoms with Gasteiger partial charge in [-0.1, -0.05) is 53.2 Å². The highest BCUT2D eigenvalue weighted by Crippen LogP contribution is 2.25. The summed E-state index contributed by atoms with van der Waals surface area (Å²) >= 11 is 13.0. The second-order valence-electron chi connectivity index (χ2n) is 4.67. The fourth-order valence-electron chi connectivity index (χ4n) is 1.90. The van der Waals surface area contributed by atoms with Crippen LogP contribution >= 0.6 is 35.0 Å². The standard InChI is InChI=1S/C15H11Cl2N5OS/c16-12-7-6-10(8-13(12)17)18-14(23)9-24-15-19-20-21-22(15)11-4-2-1-3-5-11/h1-8H,9H2,(H,18,23). The number of hydrogen-bond acceptors (Lipinski definition) is 5. The van der Waals surface area contributed by atoms with Crippen LogP contribution in [0.5, 0.6) is 0 Å². The molecule has 1 amide bonds. The number of rotatable bonds is 5. The number of halogens is 2. The number of carbonyl (C=O) groups excluding carboxylic acids is 1. The Hall–Kier alpha value is -2.09. The summed E-state index contributed by atoms with van der Waals surface area (Å²) < 4.78 is 1.58. The predicted molar refractivity (Wildman–Crippen MR) is 95.0 cm³/mol. The fraction of sp³-hybridized carbons (Fsp3) is 0.0667. The number of nitrogens with zero attached hydrogens (tertiary/aromatic N) is 4. The maximum atomic E-state index is 12.1. The highest BCUT2D eigenvalue weighted by atomic mass is 35.5. The minimum Gasteiger partial charge on any atom is -0.325 e. The first kappa shape index (κ1) is 16.8. The fourth-order valence-corrected chi connectivity index (χ4v) is 2.89. The average Bonchev–Trinajstić information content (AvgIpc) is 3.06. The zero-order chi connectivity index (χ0) is 16.9. The maximum absolute atomic E-state index is 12.1. The van der Waals surface area contributed by atoms with E-state index in [1.54, 1.807) is 22.9 Å². The summed E-state index contributed by atoms with van der Waals surface area (Å²) in [4.78, 5) is 12.1. The zero-order valence-electron chi connectivity index (χ0n) is 12.2. The van der Waals surface area contributed by atoms with E-state index in [2.05, 4.69) is 20.8 Å². The molecule has 122 valence electrons. The van der Waals surface area contributed by atoms with E-state index >= 15 is 0 Å². The van der Waals surface area contributed by atoms with Gasteiger partial charge in [-0.25, -0.2) is 0 Å². The molecule has 9 heteroatoms. The number of tetrazole rings is 1. The van der Waals surface area contributed by atoms with E-state index in [0.717, 1.165) is 5.69 Å². The van der Waals surface area contributed by atoms with E-state index in [0.29, 0.717) is 20.9 Å². The van der Waals surface area contributed by atoms with Crippen LogP contribution in [0.2, 0.25) is 10.0 Å². The van der Waals surface area contributed by atoms with Crippen LogP contribution in [0.3, 0.4) is 0 Å². The van der Waals surface area contributed by atoms with Gasteiger partial charge in [-0.05, 0) is 40.8 Å². The summed E-state index contributed by atoms with van der Waals surface area (Å²) in [5, 5.41) is 15.6. The van der Waals surface area contributed by atoms with Gasteiger partial charge >= 0.3 is 0 Å². The Labute approximate surface area is 152 Å². The van der Waals surface area contributed by atoms with E-state index < -0.39 is 0 Å². The largest absolute Gasteiger partial charge is 0.325 e. The third-order valence-corrected chi connectivity index (χ3v) is 4.64. The molecule has 0 radical (unpaired) electrons. The van der Waals surface area contributed by atoms with Crippen LogP contribution in [-0.2, 0) is 4.79 Å². The molecule has 1 aromatic heterocycles. The first-order valence-electron chi connectivity index (χ1n) is 6.85. The lowest BCUT2D eigenvalue weighted by atomic mass is 10.3.